The number of nitrogens with one attached hydrogen (secondary N) is 2. The highest BCUT2D eigenvalue weighted by molar-refractivity contribution is 7.85. The first-order chi connectivity index (χ1) is 23.5. The van der Waals surface area contributed by atoms with Crippen molar-refractivity contribution in [2.75, 3.05) is 34.4 Å². The summed E-state index contributed by atoms with van der Waals surface area (Å²) in [6.07, 6.45) is 0.187. The lowest BCUT2D eigenvalue weighted by molar-refractivity contribution is -0.114. The summed E-state index contributed by atoms with van der Waals surface area (Å²) in [4.78, 5) is 26.8. The van der Waals surface area contributed by atoms with E-state index in [9.17, 15) is 23.3 Å². The second-order valence-corrected chi connectivity index (χ2v) is 14.6. The zero-order chi connectivity index (χ0) is 36.8. The molecule has 0 saturated heterocycles. The van der Waals surface area contributed by atoms with E-state index >= 15 is 0 Å². The van der Waals surface area contributed by atoms with Gasteiger partial charge in [0.2, 0.25) is 5.91 Å². The number of anilines is 3. The summed E-state index contributed by atoms with van der Waals surface area (Å²) >= 11 is 13.5. The van der Waals surface area contributed by atoms with Crippen LogP contribution in [0.15, 0.2) is 70.9 Å². The first-order valence-electron chi connectivity index (χ1n) is 15.4. The van der Waals surface area contributed by atoms with Crippen LogP contribution < -0.4 is 15.5 Å². The predicted molar refractivity (Wildman–Crippen MR) is 195 cm³/mol. The van der Waals surface area contributed by atoms with Crippen LogP contribution in [0.3, 0.4) is 0 Å². The number of carbonyl (C=O) groups is 2. The van der Waals surface area contributed by atoms with Gasteiger partial charge in [-0.2, -0.15) is 18.8 Å². The van der Waals surface area contributed by atoms with Crippen molar-refractivity contribution in [1.82, 2.24) is 9.78 Å². The van der Waals surface area contributed by atoms with Gasteiger partial charge in [-0.3, -0.25) is 14.1 Å². The number of azo groups is 1. The van der Waals surface area contributed by atoms with E-state index in [4.69, 9.17) is 32.9 Å². The van der Waals surface area contributed by atoms with E-state index in [1.54, 1.807) is 48.5 Å². The lowest BCUT2D eigenvalue weighted by Crippen LogP contribution is -2.25. The molecule has 1 heterocycles. The molecule has 3 aromatic carbocycles. The predicted octanol–water partition coefficient (Wildman–Crippen LogP) is 8.08. The molecule has 0 saturated carbocycles. The van der Waals surface area contributed by atoms with Crippen molar-refractivity contribution in [1.29, 1.82) is 5.26 Å². The average molecular weight is 740 g/mol. The smallest absolute Gasteiger partial charge is 0.264 e. The molecular weight excluding hydrogens is 703 g/mol. The molecule has 0 bridgehead atoms. The van der Waals surface area contributed by atoms with E-state index in [1.807, 2.05) is 32.6 Å². The van der Waals surface area contributed by atoms with E-state index in [0.717, 1.165) is 0 Å². The Balaban J connectivity index is 1.78. The summed E-state index contributed by atoms with van der Waals surface area (Å²) in [5, 5.41) is 29.6. The van der Waals surface area contributed by atoms with Gasteiger partial charge in [-0.15, -0.1) is 10.2 Å². The van der Waals surface area contributed by atoms with Crippen molar-refractivity contribution in [3.63, 3.8) is 0 Å². The first-order valence-corrected chi connectivity index (χ1v) is 17.8. The number of halogens is 2. The second-order valence-electron chi connectivity index (χ2n) is 12.2. The highest BCUT2D eigenvalue weighted by Crippen LogP contribution is 2.40. The van der Waals surface area contributed by atoms with E-state index in [-0.39, 0.29) is 56.8 Å². The Morgan fingerprint density at radius 3 is 2.26 bits per heavy atom. The van der Waals surface area contributed by atoms with Gasteiger partial charge in [-0.1, -0.05) is 62.2 Å². The molecule has 0 aliphatic rings. The van der Waals surface area contributed by atoms with Crippen molar-refractivity contribution in [3.05, 3.63) is 87.5 Å². The molecule has 2 amide bonds. The second kappa shape index (κ2) is 15.8. The topological polar surface area (TPSA) is 182 Å². The molecule has 13 nitrogen and oxygen atoms in total. The first kappa shape index (κ1) is 38.0. The molecule has 0 aliphatic carbocycles. The van der Waals surface area contributed by atoms with Gasteiger partial charge in [0.25, 0.3) is 16.0 Å². The fourth-order valence-corrected chi connectivity index (χ4v) is 6.17. The number of aromatic nitrogens is 2. The zero-order valence-electron chi connectivity index (χ0n) is 28.0. The molecule has 50 heavy (non-hydrogen) atoms. The van der Waals surface area contributed by atoms with Crippen molar-refractivity contribution in [3.8, 4) is 11.8 Å². The number of hydrogen-bond acceptors (Lipinski definition) is 9. The molecule has 0 aliphatic heterocycles. The quantitative estimate of drug-likeness (QED) is 0.0963. The number of nitrogens with zero attached hydrogens (tertiary/aromatic N) is 6. The Morgan fingerprint density at radius 2 is 1.70 bits per heavy atom. The van der Waals surface area contributed by atoms with Gasteiger partial charge in [-0.05, 0) is 55.8 Å². The lowest BCUT2D eigenvalue weighted by Gasteiger charge is -2.24. The Hall–Kier alpha value is -4.81. The molecule has 0 spiro atoms. The SMILES string of the molecule is CCN(CCCS(=O)(=O)O)c1ccc(N=Nc2c(C#N)c(C(C)(C)C)nn2-c2c(Cl)cc(NC(=O)c3ccccc3)cc2Cl)c(NC(C)=O)c1. The molecule has 3 N–H and O–H groups in total. The zero-order valence-corrected chi connectivity index (χ0v) is 30.4. The largest absolute Gasteiger partial charge is 0.372 e. The molecule has 262 valence electrons. The number of nitriles is 1. The van der Waals surface area contributed by atoms with E-state index in [0.29, 0.717) is 41.4 Å². The lowest BCUT2D eigenvalue weighted by atomic mass is 9.90. The number of hydrogen-bond donors (Lipinski definition) is 3. The van der Waals surface area contributed by atoms with Crippen LogP contribution in [0.4, 0.5) is 28.6 Å². The van der Waals surface area contributed by atoms with E-state index in [2.05, 4.69) is 26.9 Å². The molecular formula is C34H36Cl2N8O5S. The number of rotatable bonds is 12. The molecule has 4 aromatic rings. The Labute approximate surface area is 300 Å². The van der Waals surface area contributed by atoms with Gasteiger partial charge in [0, 0.05) is 42.4 Å². The monoisotopic (exact) mass is 738 g/mol. The van der Waals surface area contributed by atoms with Crippen LogP contribution in [0.2, 0.25) is 10.0 Å². The standard InChI is InChI=1S/C34H36Cl2N8O5S/c1-6-43(15-10-16-50(47,48)49)24-13-14-28(29(19-24)38-21(2)45)40-41-32-25(20-37)31(34(3,4)5)42-44(32)30-26(35)17-23(18-27(30)36)39-33(46)22-11-8-7-9-12-22/h7-9,11-14,17-19H,6,10,15-16H2,1-5H3,(H,38,45)(H,39,46)(H,47,48,49). The minimum atomic E-state index is -4.11. The van der Waals surface area contributed by atoms with E-state index < -0.39 is 15.5 Å². The van der Waals surface area contributed by atoms with Crippen LogP contribution in [-0.4, -0.2) is 53.4 Å². The molecule has 0 fully saturated rings. The van der Waals surface area contributed by atoms with Crippen LogP contribution in [0.25, 0.3) is 5.69 Å². The Kier molecular flexibility index (Phi) is 12.0. The third kappa shape index (κ3) is 9.45. The summed E-state index contributed by atoms with van der Waals surface area (Å²) in [5.74, 6) is -1.09. The maximum absolute atomic E-state index is 12.8. The fraction of sp³-hybridized carbons (Fsp3) is 0.294. The van der Waals surface area contributed by atoms with Gasteiger partial charge < -0.3 is 15.5 Å². The van der Waals surface area contributed by atoms with Gasteiger partial charge in [0.1, 0.15) is 23.0 Å². The number of carbonyl (C=O) groups excluding carboxylic acids is 2. The fourth-order valence-electron chi connectivity index (χ4n) is 5.02. The third-order valence-electron chi connectivity index (χ3n) is 7.33. The highest BCUT2D eigenvalue weighted by atomic mass is 35.5. The van der Waals surface area contributed by atoms with Crippen LogP contribution in [0.1, 0.15) is 62.7 Å². The van der Waals surface area contributed by atoms with Gasteiger partial charge in [0.15, 0.2) is 5.82 Å². The highest BCUT2D eigenvalue weighted by Gasteiger charge is 2.29. The number of benzene rings is 3. The summed E-state index contributed by atoms with van der Waals surface area (Å²) in [7, 11) is -4.11. The van der Waals surface area contributed by atoms with Crippen LogP contribution in [0, 0.1) is 11.3 Å². The Morgan fingerprint density at radius 1 is 1.04 bits per heavy atom. The minimum Gasteiger partial charge on any atom is -0.372 e. The third-order valence-corrected chi connectivity index (χ3v) is 8.71. The molecule has 0 unspecified atom stereocenters. The van der Waals surface area contributed by atoms with Gasteiger partial charge in [0.05, 0.1) is 27.2 Å². The molecule has 4 rings (SSSR count). The molecule has 0 radical (unpaired) electrons. The normalized spacial score (nSPS) is 11.7. The molecule has 16 heteroatoms. The summed E-state index contributed by atoms with van der Waals surface area (Å²) < 4.78 is 32.9. The van der Waals surface area contributed by atoms with Gasteiger partial charge in [-0.25, -0.2) is 4.68 Å². The maximum atomic E-state index is 12.8. The van der Waals surface area contributed by atoms with Crippen molar-refractivity contribution in [2.24, 2.45) is 10.2 Å². The summed E-state index contributed by atoms with van der Waals surface area (Å²) in [5.41, 5.74) is 2.14. The van der Waals surface area contributed by atoms with Gasteiger partial charge >= 0.3 is 0 Å². The summed E-state index contributed by atoms with van der Waals surface area (Å²) in [6, 6.07) is 18.9. The average Bonchev–Trinajstić information content (AvgIpc) is 3.40. The van der Waals surface area contributed by atoms with Crippen molar-refractivity contribution >= 4 is 73.7 Å². The maximum Gasteiger partial charge on any atom is 0.264 e. The van der Waals surface area contributed by atoms with Crippen LogP contribution in [0.5, 0.6) is 0 Å². The number of amides is 2. The Bertz CT molecular complexity index is 2070. The van der Waals surface area contributed by atoms with Crippen LogP contribution >= 0.6 is 23.2 Å². The molecule has 0 atom stereocenters. The molecule has 1 aromatic heterocycles. The minimum absolute atomic E-state index is 0.0283. The van der Waals surface area contributed by atoms with Crippen molar-refractivity contribution in [2.45, 2.75) is 46.5 Å². The van der Waals surface area contributed by atoms with Crippen molar-refractivity contribution < 1.29 is 22.6 Å². The van der Waals surface area contributed by atoms with Crippen LogP contribution in [-0.2, 0) is 20.3 Å². The van der Waals surface area contributed by atoms with E-state index in [1.165, 1.54) is 23.7 Å². The summed E-state index contributed by atoms with van der Waals surface area (Å²) in [6.45, 7) is 9.72.